The Labute approximate surface area is 165 Å². The summed E-state index contributed by atoms with van der Waals surface area (Å²) in [5, 5.41) is 9.98. The van der Waals surface area contributed by atoms with Crippen molar-refractivity contribution in [2.24, 2.45) is 0 Å². The number of para-hydroxylation sites is 1. The van der Waals surface area contributed by atoms with E-state index in [1.54, 1.807) is 37.3 Å². The molecular weight excluding hydrogens is 398 g/mol. The molecule has 0 bridgehead atoms. The van der Waals surface area contributed by atoms with E-state index < -0.39 is 44.5 Å². The topological polar surface area (TPSA) is 135 Å². The Hall–Kier alpha value is -3.50. The minimum absolute atomic E-state index is 0.419. The molecule has 0 spiro atoms. The molecule has 0 saturated heterocycles. The molecule has 2 aromatic carbocycles. The number of nitrogens with zero attached hydrogens (tertiary/aromatic N) is 1. The molecule has 0 aliphatic heterocycles. The first-order chi connectivity index (χ1) is 13.7. The second-order valence-electron chi connectivity index (χ2n) is 6.27. The quantitative estimate of drug-likeness (QED) is 0.515. The van der Waals surface area contributed by atoms with Crippen LogP contribution >= 0.6 is 0 Å². The molecule has 3 aromatic rings. The van der Waals surface area contributed by atoms with E-state index in [1.165, 1.54) is 22.8 Å². The van der Waals surface area contributed by atoms with Crippen LogP contribution < -0.4 is 15.8 Å². The summed E-state index contributed by atoms with van der Waals surface area (Å²) in [4.78, 5) is 37.1. The minimum Gasteiger partial charge on any atom is -0.478 e. The molecule has 3 N–H and O–H groups in total. The number of aromatic carboxylic acids is 1. The number of sulfonamides is 1. The van der Waals surface area contributed by atoms with Gasteiger partial charge in [0.25, 0.3) is 21.5 Å². The summed E-state index contributed by atoms with van der Waals surface area (Å²) < 4.78 is 26.1. The molecule has 0 aliphatic rings. The normalized spacial score (nSPS) is 11.3. The van der Waals surface area contributed by atoms with Crippen LogP contribution in [0.15, 0.2) is 64.3 Å². The number of amides is 1. The van der Waals surface area contributed by atoms with E-state index in [-0.39, 0.29) is 0 Å². The van der Waals surface area contributed by atoms with Crippen molar-refractivity contribution in [3.05, 3.63) is 76.1 Å². The second-order valence-corrected chi connectivity index (χ2v) is 7.93. The molecule has 0 fully saturated rings. The Balaban J connectivity index is 1.81. The monoisotopic (exact) mass is 415 g/mol. The van der Waals surface area contributed by atoms with Gasteiger partial charge in [-0.2, -0.15) is 0 Å². The van der Waals surface area contributed by atoms with Crippen molar-refractivity contribution in [1.29, 1.82) is 0 Å². The number of hydrogen-bond donors (Lipinski definition) is 3. The number of nitrogens with one attached hydrogen (secondary N) is 2. The van der Waals surface area contributed by atoms with Crippen LogP contribution in [0.25, 0.3) is 10.9 Å². The third-order valence-electron chi connectivity index (χ3n) is 4.18. The lowest BCUT2D eigenvalue weighted by atomic mass is 10.1. The number of hydrogen-bond acceptors (Lipinski definition) is 5. The van der Waals surface area contributed by atoms with Gasteiger partial charge in [0.1, 0.15) is 6.54 Å². The molecule has 0 atom stereocenters. The molecule has 0 unspecified atom stereocenters. The lowest BCUT2D eigenvalue weighted by molar-refractivity contribution is -0.122. The smallest absolute Gasteiger partial charge is 0.337 e. The fraction of sp³-hybridized carbons (Fsp3) is 0.105. The number of carbonyl (C=O) groups is 2. The van der Waals surface area contributed by atoms with E-state index in [2.05, 4.69) is 0 Å². The van der Waals surface area contributed by atoms with Gasteiger partial charge in [-0.25, -0.2) is 13.2 Å². The van der Waals surface area contributed by atoms with Crippen LogP contribution in [0.4, 0.5) is 0 Å². The maximum absolute atomic E-state index is 12.4. The van der Waals surface area contributed by atoms with E-state index in [9.17, 15) is 27.9 Å². The summed E-state index contributed by atoms with van der Waals surface area (Å²) >= 11 is 0. The van der Waals surface area contributed by atoms with Gasteiger partial charge in [-0.3, -0.25) is 19.6 Å². The fourth-order valence-electron chi connectivity index (χ4n) is 2.81. The Morgan fingerprint density at radius 1 is 1.07 bits per heavy atom. The van der Waals surface area contributed by atoms with Crippen LogP contribution in [0.5, 0.6) is 0 Å². The van der Waals surface area contributed by atoms with Gasteiger partial charge in [-0.1, -0.05) is 29.8 Å². The van der Waals surface area contributed by atoms with Crippen molar-refractivity contribution < 1.29 is 23.1 Å². The van der Waals surface area contributed by atoms with Crippen molar-refractivity contribution in [3.63, 3.8) is 0 Å². The lowest BCUT2D eigenvalue weighted by Crippen LogP contribution is -2.44. The summed E-state index contributed by atoms with van der Waals surface area (Å²) in [7, 11) is -4.34. The molecule has 9 nitrogen and oxygen atoms in total. The molecule has 0 radical (unpaired) electrons. The van der Waals surface area contributed by atoms with Crippen molar-refractivity contribution >= 4 is 32.8 Å². The average molecular weight is 415 g/mol. The molecule has 1 heterocycles. The summed E-state index contributed by atoms with van der Waals surface area (Å²) in [6, 6.07) is 13.7. The summed E-state index contributed by atoms with van der Waals surface area (Å²) in [6.45, 7) is 1.20. The first kappa shape index (κ1) is 20.2. The Kier molecular flexibility index (Phi) is 5.48. The van der Waals surface area contributed by atoms with Crippen LogP contribution in [0.2, 0.25) is 0 Å². The average Bonchev–Trinajstić information content (AvgIpc) is 2.68. The number of carboxylic acids is 1. The van der Waals surface area contributed by atoms with Gasteiger partial charge in [0.15, 0.2) is 0 Å². The highest BCUT2D eigenvalue weighted by molar-refractivity contribution is 7.89. The first-order valence-electron chi connectivity index (χ1n) is 8.42. The zero-order chi connectivity index (χ0) is 21.2. The zero-order valence-electron chi connectivity index (χ0n) is 15.2. The van der Waals surface area contributed by atoms with Gasteiger partial charge >= 0.3 is 5.97 Å². The Morgan fingerprint density at radius 2 is 1.79 bits per heavy atom. The molecule has 150 valence electrons. The van der Waals surface area contributed by atoms with E-state index >= 15 is 0 Å². The van der Waals surface area contributed by atoms with Crippen molar-refractivity contribution in [1.82, 2.24) is 14.8 Å². The molecule has 0 aliphatic carbocycles. The van der Waals surface area contributed by atoms with Crippen molar-refractivity contribution in [2.45, 2.75) is 18.4 Å². The number of hydrazine groups is 1. The van der Waals surface area contributed by atoms with Crippen molar-refractivity contribution in [3.8, 4) is 0 Å². The molecule has 0 saturated carbocycles. The third-order valence-corrected chi connectivity index (χ3v) is 5.49. The predicted molar refractivity (Wildman–Crippen MR) is 105 cm³/mol. The largest absolute Gasteiger partial charge is 0.478 e. The molecular formula is C19H17N3O6S. The standard InChI is InChI=1S/C19H17N3O6S/c1-12-6-8-16(14(10-12)19(25)26)29(27,28)21-20-17(23)11-22-15-5-3-2-4-13(15)7-9-18(22)24/h2-10,21H,11H2,1H3,(H,20,23)(H,25,26). The summed E-state index contributed by atoms with van der Waals surface area (Å²) in [5.41, 5.74) is 2.26. The highest BCUT2D eigenvalue weighted by Crippen LogP contribution is 2.17. The van der Waals surface area contributed by atoms with E-state index in [1.807, 2.05) is 10.3 Å². The first-order valence-corrected chi connectivity index (χ1v) is 9.90. The Morgan fingerprint density at radius 3 is 2.52 bits per heavy atom. The predicted octanol–water partition coefficient (Wildman–Crippen LogP) is 1.02. The fourth-order valence-corrected chi connectivity index (χ4v) is 3.86. The van der Waals surface area contributed by atoms with Crippen LogP contribution in [0, 0.1) is 6.92 Å². The second kappa shape index (κ2) is 7.86. The minimum atomic E-state index is -4.34. The number of rotatable bonds is 6. The van der Waals surface area contributed by atoms with Crippen LogP contribution in [-0.4, -0.2) is 30.0 Å². The number of carbonyl (C=O) groups excluding carboxylic acids is 1. The van der Waals surface area contributed by atoms with Gasteiger partial charge in [0, 0.05) is 6.07 Å². The van der Waals surface area contributed by atoms with Gasteiger partial charge in [0.05, 0.1) is 16.0 Å². The van der Waals surface area contributed by atoms with E-state index in [4.69, 9.17) is 0 Å². The number of pyridine rings is 1. The van der Waals surface area contributed by atoms with E-state index in [0.717, 1.165) is 11.5 Å². The number of fused-ring (bicyclic) bond motifs is 1. The number of benzene rings is 2. The summed E-state index contributed by atoms with van der Waals surface area (Å²) in [6.07, 6.45) is 0. The maximum Gasteiger partial charge on any atom is 0.337 e. The number of carboxylic acid groups (broad SMARTS) is 1. The van der Waals surface area contributed by atoms with Crippen LogP contribution in [0.1, 0.15) is 15.9 Å². The van der Waals surface area contributed by atoms with Gasteiger partial charge in [0.2, 0.25) is 0 Å². The van der Waals surface area contributed by atoms with Crippen molar-refractivity contribution in [2.75, 3.05) is 0 Å². The number of aromatic nitrogens is 1. The molecule has 1 aromatic heterocycles. The molecule has 1 amide bonds. The van der Waals surface area contributed by atoms with Crippen LogP contribution in [0.3, 0.4) is 0 Å². The molecule has 29 heavy (non-hydrogen) atoms. The maximum atomic E-state index is 12.4. The van der Waals surface area contributed by atoms with Crippen LogP contribution in [-0.2, 0) is 21.4 Å². The SMILES string of the molecule is Cc1ccc(S(=O)(=O)NNC(=O)Cn2c(=O)ccc3ccccc32)c(C(=O)O)c1. The van der Waals surface area contributed by atoms with Gasteiger partial charge < -0.3 is 5.11 Å². The lowest BCUT2D eigenvalue weighted by Gasteiger charge is -2.13. The zero-order valence-corrected chi connectivity index (χ0v) is 16.1. The Bertz CT molecular complexity index is 1280. The molecule has 3 rings (SSSR count). The molecule has 10 heteroatoms. The highest BCUT2D eigenvalue weighted by atomic mass is 32.2. The van der Waals surface area contributed by atoms with E-state index in [0.29, 0.717) is 11.1 Å². The summed E-state index contributed by atoms with van der Waals surface area (Å²) in [5.74, 6) is -2.21. The van der Waals surface area contributed by atoms with Gasteiger partial charge in [-0.05, 0) is 36.6 Å². The third kappa shape index (κ3) is 4.33. The van der Waals surface area contributed by atoms with Gasteiger partial charge in [-0.15, -0.1) is 4.83 Å². The highest BCUT2D eigenvalue weighted by Gasteiger charge is 2.23. The number of aryl methyl sites for hydroxylation is 1.